The van der Waals surface area contributed by atoms with E-state index < -0.39 is 0 Å². The standard InChI is InChI=1S/C16H34N4.HI/c1-6-14(7-2)15(20(4)5)12-19-16(17-8-3)18-11-13-9-10-13;/h13-15H,6-12H2,1-5H3,(H2,17,18,19);1H. The highest BCUT2D eigenvalue weighted by molar-refractivity contribution is 14.0. The number of aliphatic imine (C=N–C) groups is 1. The molecule has 21 heavy (non-hydrogen) atoms. The number of guanidine groups is 1. The Bertz CT molecular complexity index is 286. The van der Waals surface area contributed by atoms with Crippen LogP contribution in [0.3, 0.4) is 0 Å². The SMILES string of the molecule is CCNC(=NCC(C(CC)CC)N(C)C)NCC1CC1.I. The highest BCUT2D eigenvalue weighted by Crippen LogP contribution is 2.27. The lowest BCUT2D eigenvalue weighted by atomic mass is 9.93. The molecule has 5 heteroatoms. The van der Waals surface area contributed by atoms with Gasteiger partial charge in [-0.15, -0.1) is 24.0 Å². The third-order valence-corrected chi connectivity index (χ3v) is 4.29. The first-order valence-corrected chi connectivity index (χ1v) is 8.30. The second-order valence-corrected chi connectivity index (χ2v) is 6.15. The van der Waals surface area contributed by atoms with Gasteiger partial charge in [-0.3, -0.25) is 4.99 Å². The van der Waals surface area contributed by atoms with E-state index in [-0.39, 0.29) is 24.0 Å². The van der Waals surface area contributed by atoms with Gasteiger partial charge in [0.1, 0.15) is 0 Å². The number of rotatable bonds is 9. The maximum Gasteiger partial charge on any atom is 0.191 e. The number of nitrogens with zero attached hydrogens (tertiary/aromatic N) is 2. The van der Waals surface area contributed by atoms with Crippen LogP contribution in [0.1, 0.15) is 46.5 Å². The average molecular weight is 410 g/mol. The summed E-state index contributed by atoms with van der Waals surface area (Å²) in [5, 5.41) is 6.83. The maximum atomic E-state index is 4.80. The predicted octanol–water partition coefficient (Wildman–Crippen LogP) is 2.94. The fraction of sp³-hybridized carbons (Fsp3) is 0.938. The van der Waals surface area contributed by atoms with E-state index in [0.29, 0.717) is 6.04 Å². The second kappa shape index (κ2) is 11.5. The van der Waals surface area contributed by atoms with Crippen molar-refractivity contribution in [2.24, 2.45) is 16.8 Å². The van der Waals surface area contributed by atoms with Crippen molar-refractivity contribution in [3.8, 4) is 0 Å². The number of likely N-dealkylation sites (N-methyl/N-ethyl adjacent to an activating group) is 1. The maximum absolute atomic E-state index is 4.80. The van der Waals surface area contributed by atoms with Crippen LogP contribution in [0.2, 0.25) is 0 Å². The highest BCUT2D eigenvalue weighted by atomic mass is 127. The molecule has 0 radical (unpaired) electrons. The molecule has 1 aliphatic carbocycles. The Kier molecular flexibility index (Phi) is 11.5. The predicted molar refractivity (Wildman–Crippen MR) is 104 cm³/mol. The zero-order valence-corrected chi connectivity index (χ0v) is 16.8. The molecule has 1 aliphatic rings. The summed E-state index contributed by atoms with van der Waals surface area (Å²) < 4.78 is 0. The van der Waals surface area contributed by atoms with Crippen molar-refractivity contribution < 1.29 is 0 Å². The quantitative estimate of drug-likeness (QED) is 0.349. The molecule has 0 saturated heterocycles. The molecule has 0 heterocycles. The summed E-state index contributed by atoms with van der Waals surface area (Å²) in [7, 11) is 4.34. The molecule has 0 aliphatic heterocycles. The Balaban J connectivity index is 0.00000400. The number of hydrogen-bond acceptors (Lipinski definition) is 2. The molecule has 4 nitrogen and oxygen atoms in total. The van der Waals surface area contributed by atoms with Crippen molar-refractivity contribution in [1.82, 2.24) is 15.5 Å². The normalized spacial score (nSPS) is 16.8. The van der Waals surface area contributed by atoms with Crippen LogP contribution in [0, 0.1) is 11.8 Å². The van der Waals surface area contributed by atoms with Crippen LogP contribution in [0.4, 0.5) is 0 Å². The van der Waals surface area contributed by atoms with Crippen LogP contribution in [0.25, 0.3) is 0 Å². The fourth-order valence-corrected chi connectivity index (χ4v) is 2.66. The lowest BCUT2D eigenvalue weighted by Crippen LogP contribution is -2.42. The molecule has 0 aromatic rings. The molecule has 1 unspecified atom stereocenters. The van der Waals surface area contributed by atoms with E-state index >= 15 is 0 Å². The van der Waals surface area contributed by atoms with Gasteiger partial charge in [0, 0.05) is 19.1 Å². The van der Waals surface area contributed by atoms with Gasteiger partial charge in [-0.25, -0.2) is 0 Å². The Morgan fingerprint density at radius 3 is 2.19 bits per heavy atom. The monoisotopic (exact) mass is 410 g/mol. The van der Waals surface area contributed by atoms with E-state index in [4.69, 9.17) is 4.99 Å². The minimum absolute atomic E-state index is 0. The third kappa shape index (κ3) is 8.24. The first kappa shape index (κ1) is 21.0. The van der Waals surface area contributed by atoms with Crippen LogP contribution >= 0.6 is 24.0 Å². The molecule has 126 valence electrons. The first-order valence-electron chi connectivity index (χ1n) is 8.30. The minimum atomic E-state index is 0. The third-order valence-electron chi connectivity index (χ3n) is 4.29. The van der Waals surface area contributed by atoms with Crippen LogP contribution in [0.15, 0.2) is 4.99 Å². The highest BCUT2D eigenvalue weighted by Gasteiger charge is 2.22. The summed E-state index contributed by atoms with van der Waals surface area (Å²) in [5.74, 6) is 2.58. The summed E-state index contributed by atoms with van der Waals surface area (Å²) in [6.07, 6.45) is 5.20. The van der Waals surface area contributed by atoms with Gasteiger partial charge in [0.05, 0.1) is 6.54 Å². The van der Waals surface area contributed by atoms with Crippen molar-refractivity contribution in [2.75, 3.05) is 33.7 Å². The lowest BCUT2D eigenvalue weighted by molar-refractivity contribution is 0.206. The molecular formula is C16H35IN4. The largest absolute Gasteiger partial charge is 0.357 e. The molecule has 1 fully saturated rings. The zero-order chi connectivity index (χ0) is 15.0. The Morgan fingerprint density at radius 2 is 1.76 bits per heavy atom. The van der Waals surface area contributed by atoms with Gasteiger partial charge in [-0.05, 0) is 45.7 Å². The van der Waals surface area contributed by atoms with E-state index in [1.807, 2.05) is 0 Å². The van der Waals surface area contributed by atoms with Gasteiger partial charge in [0.25, 0.3) is 0 Å². The van der Waals surface area contributed by atoms with Crippen molar-refractivity contribution in [1.29, 1.82) is 0 Å². The Morgan fingerprint density at radius 1 is 1.14 bits per heavy atom. The van der Waals surface area contributed by atoms with Gasteiger partial charge in [0.2, 0.25) is 0 Å². The molecular weight excluding hydrogens is 375 g/mol. The summed E-state index contributed by atoms with van der Waals surface area (Å²) in [5.41, 5.74) is 0. The molecule has 1 atom stereocenters. The molecule has 0 spiro atoms. The van der Waals surface area contributed by atoms with Crippen LogP contribution in [0.5, 0.6) is 0 Å². The van der Waals surface area contributed by atoms with Gasteiger partial charge < -0.3 is 15.5 Å². The number of hydrogen-bond donors (Lipinski definition) is 2. The van der Waals surface area contributed by atoms with Gasteiger partial charge >= 0.3 is 0 Å². The van der Waals surface area contributed by atoms with E-state index in [1.54, 1.807) is 0 Å². The fourth-order valence-electron chi connectivity index (χ4n) is 2.66. The van der Waals surface area contributed by atoms with Crippen LogP contribution < -0.4 is 10.6 Å². The number of nitrogens with one attached hydrogen (secondary N) is 2. The van der Waals surface area contributed by atoms with Gasteiger partial charge in [-0.1, -0.05) is 26.7 Å². The second-order valence-electron chi connectivity index (χ2n) is 6.15. The van der Waals surface area contributed by atoms with E-state index in [9.17, 15) is 0 Å². The number of halogens is 1. The Labute approximate surface area is 148 Å². The van der Waals surface area contributed by atoms with Crippen molar-refractivity contribution >= 4 is 29.9 Å². The van der Waals surface area contributed by atoms with Gasteiger partial charge in [0.15, 0.2) is 5.96 Å². The van der Waals surface area contributed by atoms with Crippen molar-refractivity contribution in [3.05, 3.63) is 0 Å². The molecule has 0 bridgehead atoms. The smallest absolute Gasteiger partial charge is 0.191 e. The van der Waals surface area contributed by atoms with Gasteiger partial charge in [-0.2, -0.15) is 0 Å². The summed E-state index contributed by atoms with van der Waals surface area (Å²) >= 11 is 0. The van der Waals surface area contributed by atoms with E-state index in [2.05, 4.69) is 50.4 Å². The molecule has 2 N–H and O–H groups in total. The van der Waals surface area contributed by atoms with Crippen LogP contribution in [-0.2, 0) is 0 Å². The van der Waals surface area contributed by atoms with E-state index in [0.717, 1.165) is 37.4 Å². The topological polar surface area (TPSA) is 39.7 Å². The molecule has 0 aromatic heterocycles. The first-order chi connectivity index (χ1) is 9.62. The van der Waals surface area contributed by atoms with Crippen molar-refractivity contribution in [2.45, 2.75) is 52.5 Å². The summed E-state index contributed by atoms with van der Waals surface area (Å²) in [6.45, 7) is 9.56. The minimum Gasteiger partial charge on any atom is -0.357 e. The summed E-state index contributed by atoms with van der Waals surface area (Å²) in [4.78, 5) is 7.13. The molecule has 1 rings (SSSR count). The molecule has 1 saturated carbocycles. The van der Waals surface area contributed by atoms with E-state index in [1.165, 1.54) is 25.7 Å². The lowest BCUT2D eigenvalue weighted by Gasteiger charge is -2.30. The summed E-state index contributed by atoms with van der Waals surface area (Å²) in [6, 6.07) is 0.529. The van der Waals surface area contributed by atoms with Crippen LogP contribution in [-0.4, -0.2) is 50.6 Å². The molecule has 0 amide bonds. The Hall–Kier alpha value is -0.0400. The van der Waals surface area contributed by atoms with Crippen molar-refractivity contribution in [3.63, 3.8) is 0 Å². The zero-order valence-electron chi connectivity index (χ0n) is 14.5. The molecule has 0 aromatic carbocycles. The average Bonchev–Trinajstić information content (AvgIpc) is 3.24.